The van der Waals surface area contributed by atoms with Crippen LogP contribution in [0.1, 0.15) is 45.6 Å². The molecule has 0 aliphatic carbocycles. The molecule has 0 saturated carbocycles. The molecule has 0 aliphatic heterocycles. The number of nitro groups is 1. The molecular weight excluding hydrogens is 254 g/mol. The predicted octanol–water partition coefficient (Wildman–Crippen LogP) is 3.58. The van der Waals surface area contributed by atoms with Crippen LogP contribution in [0.15, 0.2) is 18.2 Å². The summed E-state index contributed by atoms with van der Waals surface area (Å²) in [5, 5.41) is 10.8. The first kappa shape index (κ1) is 16.4. The van der Waals surface area contributed by atoms with Gasteiger partial charge in [-0.1, -0.05) is 19.8 Å². The summed E-state index contributed by atoms with van der Waals surface area (Å²) in [6.07, 6.45) is 3.53. The Hall–Kier alpha value is -1.62. The number of rotatable bonds is 8. The number of nitrogens with zero attached hydrogens (tertiary/aromatic N) is 2. The number of anilines is 1. The van der Waals surface area contributed by atoms with Crippen molar-refractivity contribution in [2.45, 2.75) is 52.6 Å². The van der Waals surface area contributed by atoms with E-state index >= 15 is 0 Å². The van der Waals surface area contributed by atoms with Crippen molar-refractivity contribution in [2.75, 3.05) is 12.3 Å². The fraction of sp³-hybridized carbons (Fsp3) is 0.600. The molecule has 1 rings (SSSR count). The number of nitrogen functional groups attached to an aromatic ring is 1. The van der Waals surface area contributed by atoms with Gasteiger partial charge >= 0.3 is 0 Å². The second-order valence-corrected chi connectivity index (χ2v) is 5.41. The zero-order valence-electron chi connectivity index (χ0n) is 12.6. The number of benzene rings is 1. The van der Waals surface area contributed by atoms with E-state index in [0.29, 0.717) is 18.3 Å². The molecule has 0 aromatic heterocycles. The lowest BCUT2D eigenvalue weighted by molar-refractivity contribution is -0.384. The molecule has 0 unspecified atom stereocenters. The normalized spacial score (nSPS) is 11.2. The van der Waals surface area contributed by atoms with Gasteiger partial charge in [0.1, 0.15) is 0 Å². The largest absolute Gasteiger partial charge is 0.398 e. The van der Waals surface area contributed by atoms with Crippen molar-refractivity contribution in [3.8, 4) is 0 Å². The van der Waals surface area contributed by atoms with Gasteiger partial charge in [-0.05, 0) is 38.4 Å². The Balaban J connectivity index is 2.81. The zero-order valence-corrected chi connectivity index (χ0v) is 12.6. The van der Waals surface area contributed by atoms with Crippen molar-refractivity contribution in [2.24, 2.45) is 0 Å². The standard InChI is InChI=1S/C15H25N3O2/c1-4-5-6-9-17(12(2)3)11-13-10-14(18(19)20)7-8-15(13)16/h7-8,10,12H,4-6,9,11,16H2,1-3H3. The van der Waals surface area contributed by atoms with E-state index in [1.54, 1.807) is 12.1 Å². The van der Waals surface area contributed by atoms with E-state index in [9.17, 15) is 10.1 Å². The first-order valence-electron chi connectivity index (χ1n) is 7.22. The second kappa shape index (κ2) is 7.85. The van der Waals surface area contributed by atoms with Crippen LogP contribution in [-0.2, 0) is 6.54 Å². The summed E-state index contributed by atoms with van der Waals surface area (Å²) >= 11 is 0. The van der Waals surface area contributed by atoms with Gasteiger partial charge in [-0.2, -0.15) is 0 Å². The van der Waals surface area contributed by atoms with Gasteiger partial charge in [-0.25, -0.2) is 0 Å². The van der Waals surface area contributed by atoms with E-state index in [-0.39, 0.29) is 10.6 Å². The van der Waals surface area contributed by atoms with E-state index in [1.165, 1.54) is 18.9 Å². The van der Waals surface area contributed by atoms with Crippen molar-refractivity contribution in [1.82, 2.24) is 4.90 Å². The molecule has 0 amide bonds. The van der Waals surface area contributed by atoms with Crippen molar-refractivity contribution < 1.29 is 4.92 Å². The summed E-state index contributed by atoms with van der Waals surface area (Å²) < 4.78 is 0. The fourth-order valence-corrected chi connectivity index (χ4v) is 2.15. The molecule has 0 spiro atoms. The quantitative estimate of drug-likeness (QED) is 0.342. The Labute approximate surface area is 120 Å². The zero-order chi connectivity index (χ0) is 15.1. The molecule has 0 atom stereocenters. The number of unbranched alkanes of at least 4 members (excludes halogenated alkanes) is 2. The maximum atomic E-state index is 10.8. The first-order valence-corrected chi connectivity index (χ1v) is 7.22. The average molecular weight is 279 g/mol. The second-order valence-electron chi connectivity index (χ2n) is 5.41. The van der Waals surface area contributed by atoms with Crippen molar-refractivity contribution in [3.63, 3.8) is 0 Å². The van der Waals surface area contributed by atoms with Gasteiger partial charge in [0.2, 0.25) is 0 Å². The Kier molecular flexibility index (Phi) is 6.45. The lowest BCUT2D eigenvalue weighted by Crippen LogP contribution is -2.31. The molecule has 0 heterocycles. The molecule has 0 aliphatic rings. The van der Waals surface area contributed by atoms with Gasteiger partial charge in [0.15, 0.2) is 0 Å². The number of hydrogen-bond acceptors (Lipinski definition) is 4. The number of non-ortho nitro benzene ring substituents is 1. The van der Waals surface area contributed by atoms with Crippen LogP contribution < -0.4 is 5.73 Å². The molecular formula is C15H25N3O2. The van der Waals surface area contributed by atoms with Crippen LogP contribution in [0.4, 0.5) is 11.4 Å². The van der Waals surface area contributed by atoms with Crippen molar-refractivity contribution in [1.29, 1.82) is 0 Å². The lowest BCUT2D eigenvalue weighted by atomic mass is 10.1. The Morgan fingerprint density at radius 1 is 1.35 bits per heavy atom. The first-order chi connectivity index (χ1) is 9.45. The number of hydrogen-bond donors (Lipinski definition) is 1. The van der Waals surface area contributed by atoms with E-state index in [4.69, 9.17) is 5.73 Å². The molecule has 112 valence electrons. The molecule has 5 heteroatoms. The van der Waals surface area contributed by atoms with Crippen LogP contribution in [0.3, 0.4) is 0 Å². The molecule has 5 nitrogen and oxygen atoms in total. The van der Waals surface area contributed by atoms with Crippen LogP contribution in [0.2, 0.25) is 0 Å². The van der Waals surface area contributed by atoms with Crippen LogP contribution in [-0.4, -0.2) is 22.4 Å². The van der Waals surface area contributed by atoms with Crippen molar-refractivity contribution in [3.05, 3.63) is 33.9 Å². The predicted molar refractivity (Wildman–Crippen MR) is 82.6 cm³/mol. The highest BCUT2D eigenvalue weighted by Crippen LogP contribution is 2.22. The molecule has 0 saturated heterocycles. The maximum absolute atomic E-state index is 10.8. The van der Waals surface area contributed by atoms with Crippen LogP contribution in [0.5, 0.6) is 0 Å². The highest BCUT2D eigenvalue weighted by atomic mass is 16.6. The van der Waals surface area contributed by atoms with E-state index in [0.717, 1.165) is 18.5 Å². The van der Waals surface area contributed by atoms with E-state index in [1.807, 2.05) is 0 Å². The summed E-state index contributed by atoms with van der Waals surface area (Å²) in [5.74, 6) is 0. The summed E-state index contributed by atoms with van der Waals surface area (Å²) in [4.78, 5) is 12.8. The van der Waals surface area contributed by atoms with Gasteiger partial charge in [0.25, 0.3) is 5.69 Å². The molecule has 1 aromatic carbocycles. The van der Waals surface area contributed by atoms with Gasteiger partial charge in [0.05, 0.1) is 4.92 Å². The van der Waals surface area contributed by atoms with Crippen LogP contribution in [0.25, 0.3) is 0 Å². The van der Waals surface area contributed by atoms with Gasteiger partial charge in [0, 0.05) is 30.4 Å². The Bertz CT molecular complexity index is 447. The molecule has 1 aromatic rings. The minimum Gasteiger partial charge on any atom is -0.398 e. The molecule has 0 radical (unpaired) electrons. The molecule has 0 fully saturated rings. The number of nitrogens with two attached hydrogens (primary N) is 1. The van der Waals surface area contributed by atoms with Crippen molar-refractivity contribution >= 4 is 11.4 Å². The third kappa shape index (κ3) is 4.81. The van der Waals surface area contributed by atoms with Gasteiger partial charge in [-0.3, -0.25) is 15.0 Å². The highest BCUT2D eigenvalue weighted by Gasteiger charge is 2.14. The Morgan fingerprint density at radius 2 is 2.05 bits per heavy atom. The third-order valence-corrected chi connectivity index (χ3v) is 3.49. The van der Waals surface area contributed by atoms with Crippen LogP contribution >= 0.6 is 0 Å². The number of nitro benzene ring substituents is 1. The monoisotopic (exact) mass is 279 g/mol. The van der Waals surface area contributed by atoms with Crippen LogP contribution in [0, 0.1) is 10.1 Å². The summed E-state index contributed by atoms with van der Waals surface area (Å²) in [5.41, 5.74) is 7.51. The third-order valence-electron chi connectivity index (χ3n) is 3.49. The minimum absolute atomic E-state index is 0.103. The van der Waals surface area contributed by atoms with Gasteiger partial charge in [-0.15, -0.1) is 0 Å². The summed E-state index contributed by atoms with van der Waals surface area (Å²) in [7, 11) is 0. The summed E-state index contributed by atoms with van der Waals surface area (Å²) in [6, 6.07) is 5.06. The maximum Gasteiger partial charge on any atom is 0.269 e. The lowest BCUT2D eigenvalue weighted by Gasteiger charge is -2.27. The fourth-order valence-electron chi connectivity index (χ4n) is 2.15. The van der Waals surface area contributed by atoms with E-state index in [2.05, 4.69) is 25.7 Å². The van der Waals surface area contributed by atoms with Gasteiger partial charge < -0.3 is 5.73 Å². The highest BCUT2D eigenvalue weighted by molar-refractivity contribution is 5.52. The summed E-state index contributed by atoms with van der Waals surface area (Å²) in [6.45, 7) is 8.11. The van der Waals surface area contributed by atoms with E-state index < -0.39 is 0 Å². The smallest absolute Gasteiger partial charge is 0.269 e. The SMILES string of the molecule is CCCCCN(Cc1cc([N+](=O)[O-])ccc1N)C(C)C. The average Bonchev–Trinajstić information content (AvgIpc) is 2.39. The molecule has 2 N–H and O–H groups in total. The molecule has 20 heavy (non-hydrogen) atoms. The Morgan fingerprint density at radius 3 is 2.60 bits per heavy atom. The molecule has 0 bridgehead atoms. The minimum atomic E-state index is -0.375. The topological polar surface area (TPSA) is 72.4 Å².